The van der Waals surface area contributed by atoms with E-state index in [1.54, 1.807) is 23.8 Å². The molecule has 3 heterocycles. The van der Waals surface area contributed by atoms with Gasteiger partial charge in [0.25, 0.3) is 5.56 Å². The van der Waals surface area contributed by atoms with Crippen LogP contribution >= 0.6 is 0 Å². The van der Waals surface area contributed by atoms with Gasteiger partial charge in [-0.3, -0.25) is 9.52 Å². The number of aromatic amines is 1. The minimum Gasteiger partial charge on any atom is -0.345 e. The lowest BCUT2D eigenvalue weighted by atomic mass is 10.1. The zero-order chi connectivity index (χ0) is 24.9. The predicted octanol–water partition coefficient (Wildman–Crippen LogP) is 4.31. The van der Waals surface area contributed by atoms with Crippen molar-refractivity contribution in [1.29, 1.82) is 0 Å². The number of rotatable bonds is 6. The maximum absolute atomic E-state index is 12.5. The molecule has 0 amide bonds. The second-order valence-electron chi connectivity index (χ2n) is 8.85. The van der Waals surface area contributed by atoms with Crippen LogP contribution in [0.3, 0.4) is 0 Å². The standard InChI is InChI=1S/C26H27N5O3S/c1-5-35(33,34)29-21-7-6-8-22-23(21)28-25(31(22)14-18-10-9-16(2)13-17(18)3)20-15-30(4)24-19(20)11-12-27-26(24)32/h6-13,15,29H,5,14H2,1-4H3,(H,27,32). The van der Waals surface area contributed by atoms with E-state index >= 15 is 0 Å². The molecule has 2 aromatic carbocycles. The minimum absolute atomic E-state index is 0.0361. The normalized spacial score (nSPS) is 12.0. The largest absolute Gasteiger partial charge is 0.345 e. The summed E-state index contributed by atoms with van der Waals surface area (Å²) in [6, 6.07) is 13.7. The summed E-state index contributed by atoms with van der Waals surface area (Å²) < 4.78 is 31.3. The molecule has 9 heteroatoms. The Morgan fingerprint density at radius 3 is 2.66 bits per heavy atom. The van der Waals surface area contributed by atoms with Gasteiger partial charge in [-0.05, 0) is 50.1 Å². The minimum atomic E-state index is -3.49. The summed E-state index contributed by atoms with van der Waals surface area (Å²) in [5.74, 6) is 0.630. The molecule has 0 aliphatic carbocycles. The third-order valence-electron chi connectivity index (χ3n) is 6.39. The molecule has 0 fully saturated rings. The van der Waals surface area contributed by atoms with E-state index in [-0.39, 0.29) is 11.3 Å². The molecule has 0 spiro atoms. The summed E-state index contributed by atoms with van der Waals surface area (Å²) in [6.07, 6.45) is 3.53. The van der Waals surface area contributed by atoms with Gasteiger partial charge in [0.05, 0.1) is 17.0 Å². The fourth-order valence-electron chi connectivity index (χ4n) is 4.57. The number of aromatic nitrogens is 4. The number of hydrogen-bond donors (Lipinski definition) is 2. The maximum Gasteiger partial charge on any atom is 0.272 e. The molecule has 0 radical (unpaired) electrons. The quantitative estimate of drug-likeness (QED) is 0.371. The van der Waals surface area contributed by atoms with E-state index in [9.17, 15) is 13.2 Å². The summed E-state index contributed by atoms with van der Waals surface area (Å²) in [5.41, 5.74) is 6.46. The van der Waals surface area contributed by atoms with Crippen LogP contribution in [0, 0.1) is 13.8 Å². The molecule has 2 N–H and O–H groups in total. The third kappa shape index (κ3) is 4.01. The highest BCUT2D eigenvalue weighted by Gasteiger charge is 2.21. The summed E-state index contributed by atoms with van der Waals surface area (Å²) in [6.45, 7) is 6.29. The van der Waals surface area contributed by atoms with Gasteiger partial charge < -0.3 is 14.1 Å². The Labute approximate surface area is 203 Å². The Kier molecular flexibility index (Phi) is 5.52. The predicted molar refractivity (Wildman–Crippen MR) is 140 cm³/mol. The van der Waals surface area contributed by atoms with Crippen LogP contribution in [0.1, 0.15) is 23.6 Å². The number of pyridine rings is 1. The smallest absolute Gasteiger partial charge is 0.272 e. The molecule has 0 aliphatic heterocycles. The lowest BCUT2D eigenvalue weighted by Gasteiger charge is -2.12. The Morgan fingerprint density at radius 1 is 1.11 bits per heavy atom. The second kappa shape index (κ2) is 8.42. The molecule has 5 rings (SSSR count). The van der Waals surface area contributed by atoms with Crippen LogP contribution < -0.4 is 10.3 Å². The fraction of sp³-hybridized carbons (Fsp3) is 0.231. The Bertz CT molecular complexity index is 1760. The second-order valence-corrected chi connectivity index (χ2v) is 10.9. The Hall–Kier alpha value is -3.85. The fourth-order valence-corrected chi connectivity index (χ4v) is 5.22. The third-order valence-corrected chi connectivity index (χ3v) is 7.68. The average molecular weight is 490 g/mol. The number of hydrogen-bond acceptors (Lipinski definition) is 4. The molecule has 8 nitrogen and oxygen atoms in total. The van der Waals surface area contributed by atoms with Crippen molar-refractivity contribution in [2.45, 2.75) is 27.3 Å². The first-order chi connectivity index (χ1) is 16.7. The lowest BCUT2D eigenvalue weighted by Crippen LogP contribution is -2.14. The number of sulfonamides is 1. The molecule has 35 heavy (non-hydrogen) atoms. The molecule has 3 aromatic heterocycles. The highest BCUT2D eigenvalue weighted by molar-refractivity contribution is 7.92. The average Bonchev–Trinajstić information content (AvgIpc) is 3.34. The molecule has 0 unspecified atom stereocenters. The molecule has 0 saturated heterocycles. The van der Waals surface area contributed by atoms with Crippen LogP contribution in [-0.4, -0.2) is 33.3 Å². The van der Waals surface area contributed by atoms with Gasteiger partial charge in [0.1, 0.15) is 16.9 Å². The molecular formula is C26H27N5O3S. The van der Waals surface area contributed by atoms with Crippen molar-refractivity contribution in [2.24, 2.45) is 7.05 Å². The van der Waals surface area contributed by atoms with Crippen molar-refractivity contribution >= 4 is 37.6 Å². The SMILES string of the molecule is CCS(=O)(=O)Nc1cccc2c1nc(-c1cn(C)c3c(=O)[nH]ccc13)n2Cc1ccc(C)cc1C. The van der Waals surface area contributed by atoms with Crippen LogP contribution in [0.4, 0.5) is 5.69 Å². The van der Waals surface area contributed by atoms with Crippen molar-refractivity contribution in [2.75, 3.05) is 10.5 Å². The van der Waals surface area contributed by atoms with Gasteiger partial charge in [-0.15, -0.1) is 0 Å². The number of benzene rings is 2. The summed E-state index contributed by atoms with van der Waals surface area (Å²) in [5, 5.41) is 0.782. The van der Waals surface area contributed by atoms with Crippen LogP contribution in [0.15, 0.2) is 59.7 Å². The molecule has 0 aliphatic rings. The van der Waals surface area contributed by atoms with Crippen LogP contribution in [-0.2, 0) is 23.6 Å². The van der Waals surface area contributed by atoms with E-state index < -0.39 is 10.0 Å². The highest BCUT2D eigenvalue weighted by atomic mass is 32.2. The van der Waals surface area contributed by atoms with Crippen molar-refractivity contribution in [3.05, 3.63) is 81.9 Å². The van der Waals surface area contributed by atoms with Crippen molar-refractivity contribution in [1.82, 2.24) is 19.1 Å². The molecule has 0 bridgehead atoms. The van der Waals surface area contributed by atoms with Crippen LogP contribution in [0.2, 0.25) is 0 Å². The number of para-hydroxylation sites is 1. The summed E-state index contributed by atoms with van der Waals surface area (Å²) in [4.78, 5) is 20.2. The summed E-state index contributed by atoms with van der Waals surface area (Å²) in [7, 11) is -1.66. The first-order valence-corrected chi connectivity index (χ1v) is 13.1. The van der Waals surface area contributed by atoms with E-state index in [2.05, 4.69) is 46.3 Å². The van der Waals surface area contributed by atoms with Gasteiger partial charge in [-0.1, -0.05) is 29.8 Å². The highest BCUT2D eigenvalue weighted by Crippen LogP contribution is 2.34. The Balaban J connectivity index is 1.80. The van der Waals surface area contributed by atoms with Gasteiger partial charge >= 0.3 is 0 Å². The van der Waals surface area contributed by atoms with E-state index in [1.165, 1.54) is 5.56 Å². The number of H-pyrrole nitrogens is 1. The van der Waals surface area contributed by atoms with Gasteiger partial charge in [0, 0.05) is 36.9 Å². The number of nitrogens with zero attached hydrogens (tertiary/aromatic N) is 3. The van der Waals surface area contributed by atoms with Crippen molar-refractivity contribution < 1.29 is 8.42 Å². The Morgan fingerprint density at radius 2 is 1.91 bits per heavy atom. The van der Waals surface area contributed by atoms with E-state index in [4.69, 9.17) is 4.98 Å². The van der Waals surface area contributed by atoms with E-state index in [0.717, 1.165) is 27.6 Å². The van der Waals surface area contributed by atoms with E-state index in [0.29, 0.717) is 29.1 Å². The monoisotopic (exact) mass is 489 g/mol. The maximum atomic E-state index is 12.5. The van der Waals surface area contributed by atoms with Gasteiger partial charge in [-0.25, -0.2) is 13.4 Å². The molecule has 180 valence electrons. The molecular weight excluding hydrogens is 462 g/mol. The van der Waals surface area contributed by atoms with Crippen molar-refractivity contribution in [3.8, 4) is 11.4 Å². The first kappa shape index (κ1) is 22.9. The van der Waals surface area contributed by atoms with Crippen LogP contribution in [0.5, 0.6) is 0 Å². The van der Waals surface area contributed by atoms with Crippen molar-refractivity contribution in [3.63, 3.8) is 0 Å². The molecule has 5 aromatic rings. The zero-order valence-electron chi connectivity index (χ0n) is 20.1. The molecule has 0 atom stereocenters. The number of nitrogens with one attached hydrogen (secondary N) is 2. The number of aryl methyl sites for hydroxylation is 3. The van der Waals surface area contributed by atoms with Gasteiger partial charge in [0.15, 0.2) is 0 Å². The van der Waals surface area contributed by atoms with Gasteiger partial charge in [-0.2, -0.15) is 0 Å². The van der Waals surface area contributed by atoms with Crippen LogP contribution in [0.25, 0.3) is 33.3 Å². The van der Waals surface area contributed by atoms with E-state index in [1.807, 2.05) is 31.4 Å². The molecule has 0 saturated carbocycles. The summed E-state index contributed by atoms with van der Waals surface area (Å²) >= 11 is 0. The lowest BCUT2D eigenvalue weighted by molar-refractivity contribution is 0.602. The number of fused-ring (bicyclic) bond motifs is 2. The number of anilines is 1. The zero-order valence-corrected chi connectivity index (χ0v) is 20.9. The topological polar surface area (TPSA) is 102 Å². The number of imidazole rings is 1. The first-order valence-electron chi connectivity index (χ1n) is 11.4. The van der Waals surface area contributed by atoms with Gasteiger partial charge in [0.2, 0.25) is 10.0 Å².